The van der Waals surface area contributed by atoms with Crippen LogP contribution in [0.1, 0.15) is 11.6 Å². The lowest BCUT2D eigenvalue weighted by Crippen LogP contribution is -2.20. The molecular weight excluding hydrogens is 174 g/mol. The predicted molar refractivity (Wildman–Crippen MR) is 44.8 cm³/mol. The average Bonchev–Trinajstić information content (AvgIpc) is 2.44. The van der Waals surface area contributed by atoms with E-state index in [1.807, 2.05) is 18.2 Å². The first-order valence-corrected chi connectivity index (χ1v) is 4.70. The van der Waals surface area contributed by atoms with Crippen molar-refractivity contribution in [3.05, 3.63) is 29.8 Å². The van der Waals surface area contributed by atoms with E-state index < -0.39 is 17.4 Å². The third-order valence-electron chi connectivity index (χ3n) is 1.82. The average molecular weight is 181 g/mol. The zero-order chi connectivity index (χ0) is 8.55. The van der Waals surface area contributed by atoms with E-state index >= 15 is 0 Å². The van der Waals surface area contributed by atoms with Gasteiger partial charge in [0.1, 0.15) is 12.3 Å². The van der Waals surface area contributed by atoms with Gasteiger partial charge in [-0.05, 0) is 6.07 Å². The summed E-state index contributed by atoms with van der Waals surface area (Å²) in [6, 6.07) is 6.82. The van der Waals surface area contributed by atoms with Gasteiger partial charge in [0.05, 0.1) is 11.4 Å². The number of hydrogen-bond donors (Lipinski definition) is 1. The highest BCUT2D eigenvalue weighted by Crippen LogP contribution is 2.28. The van der Waals surface area contributed by atoms with E-state index in [9.17, 15) is 9.35 Å². The summed E-state index contributed by atoms with van der Waals surface area (Å²) >= 11 is -1.21. The van der Waals surface area contributed by atoms with Crippen molar-refractivity contribution in [3.63, 3.8) is 0 Å². The Labute approximate surface area is 73.1 Å². The fourth-order valence-corrected chi connectivity index (χ4v) is 2.40. The minimum Gasteiger partial charge on any atom is -0.593 e. The molecule has 2 atom stereocenters. The molecule has 0 spiro atoms. The first-order valence-electron chi connectivity index (χ1n) is 3.55. The Balaban J connectivity index is 2.49. The fraction of sp³-hybridized carbons (Fsp3) is 0.125. The number of rotatable bonds is 1. The van der Waals surface area contributed by atoms with Crippen LogP contribution in [0.3, 0.4) is 0 Å². The standard InChI is InChI=1S/C8H7NO2S/c10-5-7-6-3-1-2-4-8(6)12(11)9-7/h1-5,7,9H. The molecule has 1 aliphatic heterocycles. The number of carbonyl (C=O) groups is 1. The number of carbonyl (C=O) groups excluding carboxylic acids is 1. The lowest BCUT2D eigenvalue weighted by Gasteiger charge is -2.00. The Kier molecular flexibility index (Phi) is 1.88. The van der Waals surface area contributed by atoms with Gasteiger partial charge in [-0.15, -0.1) is 4.72 Å². The van der Waals surface area contributed by atoms with Crippen molar-refractivity contribution in [3.8, 4) is 0 Å². The summed E-state index contributed by atoms with van der Waals surface area (Å²) in [4.78, 5) is 11.2. The second-order valence-electron chi connectivity index (χ2n) is 2.54. The third kappa shape index (κ3) is 1.04. The van der Waals surface area contributed by atoms with Gasteiger partial charge in [-0.2, -0.15) is 0 Å². The SMILES string of the molecule is O=CC1N[S+]([O-])c2ccccc21. The molecule has 3 nitrogen and oxygen atoms in total. The maximum absolute atomic E-state index is 11.3. The van der Waals surface area contributed by atoms with Gasteiger partial charge >= 0.3 is 0 Å². The predicted octanol–water partition coefficient (Wildman–Crippen LogP) is 0.552. The molecule has 62 valence electrons. The van der Waals surface area contributed by atoms with Crippen molar-refractivity contribution in [2.24, 2.45) is 0 Å². The summed E-state index contributed by atoms with van der Waals surface area (Å²) < 4.78 is 13.9. The first kappa shape index (κ1) is 7.79. The molecule has 4 heteroatoms. The Morgan fingerprint density at radius 2 is 2.25 bits per heavy atom. The molecule has 1 heterocycles. The van der Waals surface area contributed by atoms with Crippen molar-refractivity contribution >= 4 is 17.6 Å². The molecule has 1 aliphatic rings. The molecule has 0 amide bonds. The smallest absolute Gasteiger partial charge is 0.179 e. The van der Waals surface area contributed by atoms with Crippen LogP contribution in [-0.2, 0) is 16.2 Å². The summed E-state index contributed by atoms with van der Waals surface area (Å²) in [5.41, 5.74) is 0.825. The third-order valence-corrected chi connectivity index (χ3v) is 3.06. The lowest BCUT2D eigenvalue weighted by molar-refractivity contribution is -0.109. The zero-order valence-electron chi connectivity index (χ0n) is 6.19. The van der Waals surface area contributed by atoms with E-state index in [4.69, 9.17) is 0 Å². The van der Waals surface area contributed by atoms with Gasteiger partial charge in [0.25, 0.3) is 0 Å². The van der Waals surface area contributed by atoms with Gasteiger partial charge < -0.3 is 9.35 Å². The molecule has 1 aromatic rings. The van der Waals surface area contributed by atoms with E-state index in [2.05, 4.69) is 4.72 Å². The Hall–Kier alpha value is -0.840. The molecule has 12 heavy (non-hydrogen) atoms. The molecule has 0 fully saturated rings. The maximum atomic E-state index is 11.3. The quantitative estimate of drug-likeness (QED) is 0.508. The number of benzene rings is 1. The summed E-state index contributed by atoms with van der Waals surface area (Å²) in [6.07, 6.45) is 0.768. The zero-order valence-corrected chi connectivity index (χ0v) is 7.01. The van der Waals surface area contributed by atoms with E-state index in [0.29, 0.717) is 0 Å². The lowest BCUT2D eigenvalue weighted by atomic mass is 10.1. The second-order valence-corrected chi connectivity index (χ2v) is 3.75. The van der Waals surface area contributed by atoms with Crippen molar-refractivity contribution in [2.45, 2.75) is 10.9 Å². The van der Waals surface area contributed by atoms with Gasteiger partial charge in [-0.25, -0.2) is 0 Å². The van der Waals surface area contributed by atoms with Gasteiger partial charge in [-0.3, -0.25) is 0 Å². The van der Waals surface area contributed by atoms with Crippen LogP contribution >= 0.6 is 0 Å². The molecule has 1 aromatic carbocycles. The van der Waals surface area contributed by atoms with Crippen molar-refractivity contribution in [1.82, 2.24) is 4.72 Å². The molecule has 0 aliphatic carbocycles. The molecular formula is C8H7NO2S. The van der Waals surface area contributed by atoms with Crippen LogP contribution < -0.4 is 4.72 Å². The van der Waals surface area contributed by atoms with Crippen LogP contribution in [0.15, 0.2) is 29.2 Å². The van der Waals surface area contributed by atoms with Crippen LogP contribution in [0.4, 0.5) is 0 Å². The van der Waals surface area contributed by atoms with E-state index in [1.54, 1.807) is 6.07 Å². The molecule has 0 bridgehead atoms. The summed E-state index contributed by atoms with van der Waals surface area (Å²) in [6.45, 7) is 0. The molecule has 2 unspecified atom stereocenters. The molecule has 1 N–H and O–H groups in total. The minimum atomic E-state index is -1.21. The summed E-state index contributed by atoms with van der Waals surface area (Å²) in [7, 11) is 0. The number of hydrogen-bond acceptors (Lipinski definition) is 3. The number of aldehydes is 1. The maximum Gasteiger partial charge on any atom is 0.179 e. The summed E-state index contributed by atoms with van der Waals surface area (Å²) in [5.74, 6) is 0. The van der Waals surface area contributed by atoms with Crippen LogP contribution in [0.25, 0.3) is 0 Å². The number of fused-ring (bicyclic) bond motifs is 1. The topological polar surface area (TPSA) is 52.2 Å². The minimum absolute atomic E-state index is 0.401. The highest BCUT2D eigenvalue weighted by molar-refractivity contribution is 7.89. The van der Waals surface area contributed by atoms with Gasteiger partial charge in [-0.1, -0.05) is 18.2 Å². The molecule has 0 saturated carbocycles. The van der Waals surface area contributed by atoms with Crippen molar-refractivity contribution in [2.75, 3.05) is 0 Å². The first-order chi connectivity index (χ1) is 5.83. The highest BCUT2D eigenvalue weighted by Gasteiger charge is 2.32. The van der Waals surface area contributed by atoms with Gasteiger partial charge in [0.15, 0.2) is 4.90 Å². The molecule has 2 rings (SSSR count). The van der Waals surface area contributed by atoms with Crippen LogP contribution in [0, 0.1) is 0 Å². The Morgan fingerprint density at radius 1 is 1.50 bits per heavy atom. The molecule has 0 aromatic heterocycles. The second kappa shape index (κ2) is 2.90. The van der Waals surface area contributed by atoms with Crippen molar-refractivity contribution in [1.29, 1.82) is 0 Å². The van der Waals surface area contributed by atoms with Crippen LogP contribution in [-0.4, -0.2) is 10.8 Å². The Bertz CT molecular complexity index is 316. The molecule has 0 radical (unpaired) electrons. The normalized spacial score (nSPS) is 26.8. The largest absolute Gasteiger partial charge is 0.593 e. The molecule has 0 saturated heterocycles. The highest BCUT2D eigenvalue weighted by atomic mass is 32.2. The van der Waals surface area contributed by atoms with Crippen molar-refractivity contribution < 1.29 is 9.35 Å². The van der Waals surface area contributed by atoms with Crippen LogP contribution in [0.5, 0.6) is 0 Å². The monoisotopic (exact) mass is 181 g/mol. The van der Waals surface area contributed by atoms with Gasteiger partial charge in [0, 0.05) is 5.56 Å². The van der Waals surface area contributed by atoms with E-state index in [1.165, 1.54) is 0 Å². The number of nitrogens with one attached hydrogen (secondary N) is 1. The van der Waals surface area contributed by atoms with E-state index in [-0.39, 0.29) is 0 Å². The van der Waals surface area contributed by atoms with Gasteiger partial charge in [0.2, 0.25) is 0 Å². The fourth-order valence-electron chi connectivity index (χ4n) is 1.25. The van der Waals surface area contributed by atoms with Crippen LogP contribution in [0.2, 0.25) is 0 Å². The summed E-state index contributed by atoms with van der Waals surface area (Å²) in [5, 5.41) is 0. The Morgan fingerprint density at radius 3 is 3.00 bits per heavy atom. The van der Waals surface area contributed by atoms with E-state index in [0.717, 1.165) is 16.7 Å².